The first kappa shape index (κ1) is 18.1. The largest absolute Gasteiger partial charge is 0.329 e. The van der Waals surface area contributed by atoms with Gasteiger partial charge in [-0.05, 0) is 56.4 Å². The summed E-state index contributed by atoms with van der Waals surface area (Å²) in [6, 6.07) is 15.6. The summed E-state index contributed by atoms with van der Waals surface area (Å²) in [6.45, 7) is 9.94. The number of urea groups is 1. The van der Waals surface area contributed by atoms with Crippen LogP contribution in [-0.2, 0) is 5.54 Å². The van der Waals surface area contributed by atoms with Crippen molar-refractivity contribution in [3.05, 3.63) is 66.2 Å². The quantitative estimate of drug-likeness (QED) is 0.706. The molecule has 0 aliphatic carbocycles. The van der Waals surface area contributed by atoms with E-state index in [9.17, 15) is 4.79 Å². The second-order valence-electron chi connectivity index (χ2n) is 6.27. The molecule has 24 heavy (non-hydrogen) atoms. The Balaban J connectivity index is 2.15. The van der Waals surface area contributed by atoms with Crippen LogP contribution in [-0.4, -0.2) is 12.3 Å². The Labute approximate surface area is 148 Å². The molecular formula is C20H24N2OS. The van der Waals surface area contributed by atoms with Crippen molar-refractivity contribution in [2.24, 2.45) is 0 Å². The van der Waals surface area contributed by atoms with E-state index in [1.54, 1.807) is 11.8 Å². The maximum atomic E-state index is 12.4. The van der Waals surface area contributed by atoms with Crippen LogP contribution < -0.4 is 10.6 Å². The Morgan fingerprint density at radius 2 is 1.83 bits per heavy atom. The second-order valence-corrected chi connectivity index (χ2v) is 7.11. The van der Waals surface area contributed by atoms with Crippen LogP contribution in [0.5, 0.6) is 0 Å². The molecule has 0 atom stereocenters. The van der Waals surface area contributed by atoms with Crippen LogP contribution in [0.1, 0.15) is 31.9 Å². The zero-order chi connectivity index (χ0) is 17.7. The fourth-order valence-corrected chi connectivity index (χ4v) is 2.98. The molecule has 2 aromatic rings. The number of allylic oxidation sites excluding steroid dienone is 1. The standard InChI is InChI=1S/C20H24N2OS/c1-14(2)15-9-8-10-16(13-15)20(3,4)22-19(23)21-17-11-6-7-12-18(17)24-5/h6-13H,1H2,2-5H3,(H2,21,22,23). The van der Waals surface area contributed by atoms with Gasteiger partial charge in [-0.2, -0.15) is 0 Å². The number of carbonyl (C=O) groups is 1. The number of hydrogen-bond donors (Lipinski definition) is 2. The number of para-hydroxylation sites is 1. The smallest absolute Gasteiger partial charge is 0.319 e. The van der Waals surface area contributed by atoms with Crippen molar-refractivity contribution in [1.82, 2.24) is 5.32 Å². The molecule has 0 unspecified atom stereocenters. The molecule has 0 fully saturated rings. The first-order valence-corrected chi connectivity index (χ1v) is 9.04. The number of rotatable bonds is 5. The van der Waals surface area contributed by atoms with Crippen molar-refractivity contribution in [3.63, 3.8) is 0 Å². The van der Waals surface area contributed by atoms with Gasteiger partial charge in [0.05, 0.1) is 11.2 Å². The Morgan fingerprint density at radius 3 is 2.50 bits per heavy atom. The molecule has 0 spiro atoms. The molecule has 126 valence electrons. The van der Waals surface area contributed by atoms with Crippen LogP contribution in [0.2, 0.25) is 0 Å². The highest BCUT2D eigenvalue weighted by Gasteiger charge is 2.23. The summed E-state index contributed by atoms with van der Waals surface area (Å²) in [4.78, 5) is 13.5. The summed E-state index contributed by atoms with van der Waals surface area (Å²) in [5.41, 5.74) is 3.44. The zero-order valence-corrected chi connectivity index (χ0v) is 15.5. The molecule has 3 nitrogen and oxygen atoms in total. The summed E-state index contributed by atoms with van der Waals surface area (Å²) in [5, 5.41) is 5.99. The predicted octanol–water partition coefficient (Wildman–Crippen LogP) is 5.50. The average molecular weight is 340 g/mol. The third-order valence-electron chi connectivity index (χ3n) is 3.86. The van der Waals surface area contributed by atoms with Gasteiger partial charge < -0.3 is 10.6 Å². The van der Waals surface area contributed by atoms with Crippen LogP contribution >= 0.6 is 11.8 Å². The topological polar surface area (TPSA) is 41.1 Å². The van der Waals surface area contributed by atoms with Crippen LogP contribution in [0.25, 0.3) is 5.57 Å². The van der Waals surface area contributed by atoms with Crippen LogP contribution in [0, 0.1) is 0 Å². The highest BCUT2D eigenvalue weighted by atomic mass is 32.2. The van der Waals surface area contributed by atoms with Crippen LogP contribution in [0.4, 0.5) is 10.5 Å². The number of hydrogen-bond acceptors (Lipinski definition) is 2. The van der Waals surface area contributed by atoms with Crippen molar-refractivity contribution in [2.75, 3.05) is 11.6 Å². The minimum atomic E-state index is -0.496. The normalized spacial score (nSPS) is 11.0. The van der Waals surface area contributed by atoms with E-state index >= 15 is 0 Å². The molecule has 0 aliphatic heterocycles. The number of benzene rings is 2. The van der Waals surface area contributed by atoms with Gasteiger partial charge >= 0.3 is 6.03 Å². The number of nitrogens with one attached hydrogen (secondary N) is 2. The monoisotopic (exact) mass is 340 g/mol. The number of amides is 2. The van der Waals surface area contributed by atoms with E-state index in [-0.39, 0.29) is 6.03 Å². The van der Waals surface area contributed by atoms with Gasteiger partial charge in [0.15, 0.2) is 0 Å². The lowest BCUT2D eigenvalue weighted by Gasteiger charge is -2.28. The lowest BCUT2D eigenvalue weighted by atomic mass is 9.92. The van der Waals surface area contributed by atoms with E-state index in [2.05, 4.69) is 23.3 Å². The summed E-state index contributed by atoms with van der Waals surface area (Å²) in [5.74, 6) is 0. The first-order valence-electron chi connectivity index (χ1n) is 7.82. The average Bonchev–Trinajstić information content (AvgIpc) is 2.55. The van der Waals surface area contributed by atoms with Crippen LogP contribution in [0.3, 0.4) is 0 Å². The maximum absolute atomic E-state index is 12.4. The lowest BCUT2D eigenvalue weighted by Crippen LogP contribution is -2.43. The predicted molar refractivity (Wildman–Crippen MR) is 105 cm³/mol. The van der Waals surface area contributed by atoms with Gasteiger partial charge in [0.1, 0.15) is 0 Å². The third-order valence-corrected chi connectivity index (χ3v) is 4.65. The molecule has 0 bridgehead atoms. The molecule has 2 aromatic carbocycles. The van der Waals surface area contributed by atoms with E-state index < -0.39 is 5.54 Å². The number of carbonyl (C=O) groups excluding carboxylic acids is 1. The molecular weight excluding hydrogens is 316 g/mol. The van der Waals surface area contributed by atoms with Gasteiger partial charge in [0.2, 0.25) is 0 Å². The molecule has 0 heterocycles. The molecule has 2 rings (SSSR count). The van der Waals surface area contributed by atoms with Crippen molar-refractivity contribution < 1.29 is 4.79 Å². The van der Waals surface area contributed by atoms with Crippen molar-refractivity contribution in [2.45, 2.75) is 31.2 Å². The SMILES string of the molecule is C=C(C)c1cccc(C(C)(C)NC(=O)Nc2ccccc2SC)c1. The molecule has 2 amide bonds. The van der Waals surface area contributed by atoms with Crippen molar-refractivity contribution in [3.8, 4) is 0 Å². The van der Waals surface area contributed by atoms with E-state index in [0.29, 0.717) is 0 Å². The van der Waals surface area contributed by atoms with Crippen LogP contribution in [0.15, 0.2) is 60.0 Å². The van der Waals surface area contributed by atoms with Gasteiger partial charge in [0.25, 0.3) is 0 Å². The minimum absolute atomic E-state index is 0.220. The van der Waals surface area contributed by atoms with Crippen molar-refractivity contribution >= 4 is 29.1 Å². The second kappa shape index (κ2) is 7.58. The molecule has 0 saturated carbocycles. The zero-order valence-electron chi connectivity index (χ0n) is 14.6. The van der Waals surface area contributed by atoms with E-state index in [1.807, 2.05) is 69.5 Å². The first-order chi connectivity index (χ1) is 11.3. The Kier molecular flexibility index (Phi) is 5.73. The van der Waals surface area contributed by atoms with Crippen molar-refractivity contribution in [1.29, 1.82) is 0 Å². The molecule has 4 heteroatoms. The summed E-state index contributed by atoms with van der Waals surface area (Å²) >= 11 is 1.60. The lowest BCUT2D eigenvalue weighted by molar-refractivity contribution is 0.242. The van der Waals surface area contributed by atoms with E-state index in [0.717, 1.165) is 27.3 Å². The van der Waals surface area contributed by atoms with Gasteiger partial charge in [-0.3, -0.25) is 0 Å². The van der Waals surface area contributed by atoms with Gasteiger partial charge in [-0.15, -0.1) is 11.8 Å². The number of thioether (sulfide) groups is 1. The molecule has 0 aliphatic rings. The summed E-state index contributed by atoms with van der Waals surface area (Å²) in [6.07, 6.45) is 1.99. The maximum Gasteiger partial charge on any atom is 0.319 e. The van der Waals surface area contributed by atoms with Gasteiger partial charge in [0, 0.05) is 4.90 Å². The van der Waals surface area contributed by atoms with E-state index in [4.69, 9.17) is 0 Å². The minimum Gasteiger partial charge on any atom is -0.329 e. The highest BCUT2D eigenvalue weighted by molar-refractivity contribution is 7.98. The summed E-state index contributed by atoms with van der Waals surface area (Å²) in [7, 11) is 0. The Bertz CT molecular complexity index is 753. The number of anilines is 1. The highest BCUT2D eigenvalue weighted by Crippen LogP contribution is 2.26. The molecule has 0 radical (unpaired) electrons. The fourth-order valence-electron chi connectivity index (χ4n) is 2.43. The van der Waals surface area contributed by atoms with E-state index in [1.165, 1.54) is 0 Å². The molecule has 0 aromatic heterocycles. The molecule has 2 N–H and O–H groups in total. The van der Waals surface area contributed by atoms with Gasteiger partial charge in [-0.1, -0.05) is 42.5 Å². The Morgan fingerprint density at radius 1 is 1.12 bits per heavy atom. The van der Waals surface area contributed by atoms with Gasteiger partial charge in [-0.25, -0.2) is 4.79 Å². The summed E-state index contributed by atoms with van der Waals surface area (Å²) < 4.78 is 0. The molecule has 0 saturated heterocycles. The third kappa shape index (κ3) is 4.42. The fraction of sp³-hybridized carbons (Fsp3) is 0.250. The Hall–Kier alpha value is -2.20.